The van der Waals surface area contributed by atoms with Gasteiger partial charge in [0.05, 0.1) is 6.61 Å². The lowest BCUT2D eigenvalue weighted by Gasteiger charge is -2.25. The SMILES string of the molecule is CCCc1ccc(N/C(=N/P(=O)(O)SC(C)CC)N2CCCCCO2)cc1. The number of nitrogens with zero attached hydrogens (tertiary/aromatic N) is 2. The molecule has 1 heterocycles. The van der Waals surface area contributed by atoms with E-state index in [0.717, 1.165) is 55.6 Å². The molecule has 1 aromatic rings. The molecule has 2 rings (SSSR count). The van der Waals surface area contributed by atoms with Crippen molar-refractivity contribution in [2.24, 2.45) is 4.76 Å². The van der Waals surface area contributed by atoms with Crippen LogP contribution in [0.4, 0.5) is 5.69 Å². The van der Waals surface area contributed by atoms with Gasteiger partial charge in [-0.3, -0.25) is 9.40 Å². The Morgan fingerprint density at radius 3 is 2.74 bits per heavy atom. The van der Waals surface area contributed by atoms with Crippen molar-refractivity contribution in [1.82, 2.24) is 5.06 Å². The minimum absolute atomic E-state index is 0.0595. The number of hydrogen-bond donors (Lipinski definition) is 2. The molecule has 1 fully saturated rings. The summed E-state index contributed by atoms with van der Waals surface area (Å²) in [6.45, 7) is 3.58. The van der Waals surface area contributed by atoms with Gasteiger partial charge in [-0.05, 0) is 61.2 Å². The molecule has 152 valence electrons. The van der Waals surface area contributed by atoms with Crippen molar-refractivity contribution in [3.05, 3.63) is 29.8 Å². The second kappa shape index (κ2) is 11.1. The van der Waals surface area contributed by atoms with Gasteiger partial charge in [-0.15, -0.1) is 0 Å². The van der Waals surface area contributed by atoms with E-state index in [9.17, 15) is 9.46 Å². The topological polar surface area (TPSA) is 74.2 Å². The molecule has 2 N–H and O–H groups in total. The lowest BCUT2D eigenvalue weighted by molar-refractivity contribution is -0.0899. The highest BCUT2D eigenvalue weighted by atomic mass is 32.7. The van der Waals surface area contributed by atoms with Crippen molar-refractivity contribution in [3.63, 3.8) is 0 Å². The normalized spacial score (nSPS) is 19.3. The molecule has 0 aromatic heterocycles. The maximum absolute atomic E-state index is 12.7. The first-order valence-electron chi connectivity index (χ1n) is 9.81. The molecule has 8 heteroatoms. The Balaban J connectivity index is 2.22. The quantitative estimate of drug-likeness (QED) is 0.351. The second-order valence-electron chi connectivity index (χ2n) is 6.81. The second-order valence-corrected chi connectivity index (χ2v) is 11.1. The van der Waals surface area contributed by atoms with Crippen LogP contribution in [0.25, 0.3) is 0 Å². The fourth-order valence-electron chi connectivity index (χ4n) is 2.70. The van der Waals surface area contributed by atoms with Gasteiger partial charge in [0, 0.05) is 17.5 Å². The summed E-state index contributed by atoms with van der Waals surface area (Å²) in [5, 5.41) is 4.89. The molecule has 0 amide bonds. The molecule has 2 atom stereocenters. The van der Waals surface area contributed by atoms with Gasteiger partial charge in [-0.1, -0.05) is 39.3 Å². The molecule has 6 nitrogen and oxygen atoms in total. The molecule has 27 heavy (non-hydrogen) atoms. The molecular weight excluding hydrogens is 381 g/mol. The zero-order valence-electron chi connectivity index (χ0n) is 16.6. The van der Waals surface area contributed by atoms with Crippen molar-refractivity contribution in [2.75, 3.05) is 18.5 Å². The smallest absolute Gasteiger partial charge is 0.324 e. The van der Waals surface area contributed by atoms with E-state index in [1.54, 1.807) is 5.06 Å². The molecule has 1 aliphatic heterocycles. The van der Waals surface area contributed by atoms with Gasteiger partial charge in [0.25, 0.3) is 0 Å². The number of benzene rings is 1. The summed E-state index contributed by atoms with van der Waals surface area (Å²) in [5.74, 6) is 0.307. The minimum atomic E-state index is -3.74. The van der Waals surface area contributed by atoms with Crippen LogP contribution in [0.3, 0.4) is 0 Å². The summed E-state index contributed by atoms with van der Waals surface area (Å²) < 4.78 is 16.9. The highest BCUT2D eigenvalue weighted by Crippen LogP contribution is 2.58. The first-order valence-corrected chi connectivity index (χ1v) is 12.9. The maximum Gasteiger partial charge on any atom is 0.372 e. The number of aryl methyl sites for hydroxylation is 1. The molecule has 0 saturated carbocycles. The fourth-order valence-corrected chi connectivity index (χ4v) is 5.98. The molecule has 1 aromatic carbocycles. The lowest BCUT2D eigenvalue weighted by atomic mass is 10.1. The third-order valence-corrected chi connectivity index (χ3v) is 7.91. The molecule has 1 saturated heterocycles. The van der Waals surface area contributed by atoms with Crippen molar-refractivity contribution in [3.8, 4) is 0 Å². The Kier molecular flexibility index (Phi) is 9.16. The van der Waals surface area contributed by atoms with Crippen LogP contribution in [0.15, 0.2) is 29.0 Å². The number of guanidine groups is 1. The van der Waals surface area contributed by atoms with Crippen molar-refractivity contribution in [2.45, 2.75) is 64.5 Å². The Bertz CT molecular complexity index is 646. The van der Waals surface area contributed by atoms with Gasteiger partial charge in [0.2, 0.25) is 5.96 Å². The van der Waals surface area contributed by atoms with Gasteiger partial charge in [0.15, 0.2) is 0 Å². The standard InChI is InChI=1S/C19H32N3O3PS/c1-4-9-17-10-12-18(13-11-17)20-19(22-14-7-6-8-15-25-22)21-26(23,24)27-16(3)5-2/h10-13,16H,4-9,14-15H2,1-3H3,(H2,20,21,23,24). The largest absolute Gasteiger partial charge is 0.372 e. The highest BCUT2D eigenvalue weighted by Gasteiger charge is 2.25. The summed E-state index contributed by atoms with van der Waals surface area (Å²) in [7, 11) is 0. The Hall–Kier alpha value is -1.01. The fraction of sp³-hybridized carbons (Fsp3) is 0.632. The van der Waals surface area contributed by atoms with Crippen LogP contribution in [-0.4, -0.2) is 34.3 Å². The molecule has 2 unspecified atom stereocenters. The van der Waals surface area contributed by atoms with Crippen LogP contribution in [0, 0.1) is 0 Å². The van der Waals surface area contributed by atoms with Crippen LogP contribution in [-0.2, 0) is 15.8 Å². The Labute approximate surface area is 167 Å². The van der Waals surface area contributed by atoms with Crippen molar-refractivity contribution >= 4 is 29.8 Å². The number of rotatable bonds is 7. The summed E-state index contributed by atoms with van der Waals surface area (Å²) in [6, 6.07) is 8.09. The van der Waals surface area contributed by atoms with Crippen LogP contribution in [0.5, 0.6) is 0 Å². The van der Waals surface area contributed by atoms with E-state index in [4.69, 9.17) is 4.84 Å². The predicted octanol–water partition coefficient (Wildman–Crippen LogP) is 5.46. The number of anilines is 1. The zero-order valence-corrected chi connectivity index (χ0v) is 18.3. The third-order valence-electron chi connectivity index (χ3n) is 4.35. The molecular formula is C19H32N3O3PS. The van der Waals surface area contributed by atoms with E-state index in [1.165, 1.54) is 5.56 Å². The van der Waals surface area contributed by atoms with E-state index >= 15 is 0 Å². The average molecular weight is 414 g/mol. The number of hydrogen-bond acceptors (Lipinski definition) is 3. The van der Waals surface area contributed by atoms with Gasteiger partial charge < -0.3 is 10.2 Å². The monoisotopic (exact) mass is 413 g/mol. The van der Waals surface area contributed by atoms with Crippen LogP contribution in [0.1, 0.15) is 58.4 Å². The molecule has 0 spiro atoms. The minimum Gasteiger partial charge on any atom is -0.324 e. The molecule has 0 bridgehead atoms. The first-order chi connectivity index (χ1) is 12.9. The zero-order chi connectivity index (χ0) is 19.7. The van der Waals surface area contributed by atoms with E-state index in [-0.39, 0.29) is 5.25 Å². The van der Waals surface area contributed by atoms with Gasteiger partial charge in [0.1, 0.15) is 0 Å². The van der Waals surface area contributed by atoms with Gasteiger partial charge in [-0.2, -0.15) is 4.76 Å². The number of hydroxylamine groups is 2. The van der Waals surface area contributed by atoms with Crippen molar-refractivity contribution in [1.29, 1.82) is 0 Å². The highest BCUT2D eigenvalue weighted by molar-refractivity contribution is 8.56. The predicted molar refractivity (Wildman–Crippen MR) is 115 cm³/mol. The van der Waals surface area contributed by atoms with Crippen molar-refractivity contribution < 1.29 is 14.3 Å². The summed E-state index contributed by atoms with van der Waals surface area (Å²) >= 11 is 1.02. The van der Waals surface area contributed by atoms with E-state index < -0.39 is 6.72 Å². The molecule has 0 aliphatic carbocycles. The summed E-state index contributed by atoms with van der Waals surface area (Å²) in [5.41, 5.74) is 2.10. The first kappa shape index (κ1) is 22.3. The summed E-state index contributed by atoms with van der Waals surface area (Å²) in [4.78, 5) is 16.2. The molecule has 1 aliphatic rings. The van der Waals surface area contributed by atoms with E-state index in [1.807, 2.05) is 26.0 Å². The Morgan fingerprint density at radius 2 is 2.07 bits per heavy atom. The van der Waals surface area contributed by atoms with Crippen LogP contribution < -0.4 is 5.32 Å². The van der Waals surface area contributed by atoms with Gasteiger partial charge in [-0.25, -0.2) is 5.06 Å². The summed E-state index contributed by atoms with van der Waals surface area (Å²) in [6.07, 6.45) is 5.97. The third kappa shape index (κ3) is 7.86. The van der Waals surface area contributed by atoms with Gasteiger partial charge >= 0.3 is 6.72 Å². The van der Waals surface area contributed by atoms with Crippen LogP contribution in [0.2, 0.25) is 0 Å². The number of nitrogens with one attached hydrogen (secondary N) is 1. The molecule has 0 radical (unpaired) electrons. The maximum atomic E-state index is 12.7. The lowest BCUT2D eigenvalue weighted by Crippen LogP contribution is -2.36. The average Bonchev–Trinajstić information content (AvgIpc) is 2.92. The van der Waals surface area contributed by atoms with Crippen LogP contribution >= 0.6 is 18.1 Å². The van der Waals surface area contributed by atoms with E-state index in [2.05, 4.69) is 29.1 Å². The van der Waals surface area contributed by atoms with E-state index in [0.29, 0.717) is 19.1 Å². The Morgan fingerprint density at radius 1 is 1.33 bits per heavy atom.